The fourth-order valence-electron chi connectivity index (χ4n) is 1.48. The van der Waals surface area contributed by atoms with Gasteiger partial charge in [-0.15, -0.1) is 7.92 Å². The molecule has 0 aromatic rings. The summed E-state index contributed by atoms with van der Waals surface area (Å²) in [5.41, 5.74) is 0. The Morgan fingerprint density at radius 3 is 1.17 bits per heavy atom. The summed E-state index contributed by atoms with van der Waals surface area (Å²) in [6.07, 6.45) is 13.2. The molecule has 0 unspecified atom stereocenters. The van der Waals surface area contributed by atoms with Crippen LogP contribution in [0.5, 0.6) is 0 Å². The minimum absolute atomic E-state index is 0.422. The zero-order chi connectivity index (χ0) is 14.4. The molecular formula is C12H29O4PS. The molecule has 0 bridgehead atoms. The standard InChI is InChI=1S/C12H27P.H2O4S/c1-4-7-10-13(11-8-5-2)12-9-6-3;1-5(2,3)4/h4-12H2,1-3H3;(H2,1,2,3,4). The minimum Gasteiger partial charge on any atom is -0.264 e. The summed E-state index contributed by atoms with van der Waals surface area (Å²) >= 11 is 0. The molecule has 0 aliphatic carbocycles. The smallest absolute Gasteiger partial charge is 0.264 e. The van der Waals surface area contributed by atoms with E-state index < -0.39 is 10.4 Å². The van der Waals surface area contributed by atoms with Crippen LogP contribution in [0.15, 0.2) is 0 Å². The highest BCUT2D eigenvalue weighted by molar-refractivity contribution is 7.79. The Balaban J connectivity index is 0. The fraction of sp³-hybridized carbons (Fsp3) is 1.00. The van der Waals surface area contributed by atoms with Crippen molar-refractivity contribution in [2.24, 2.45) is 0 Å². The van der Waals surface area contributed by atoms with Crippen LogP contribution in [-0.4, -0.2) is 36.0 Å². The van der Waals surface area contributed by atoms with Gasteiger partial charge in [-0.05, 0) is 37.7 Å². The van der Waals surface area contributed by atoms with Crippen molar-refractivity contribution in [3.63, 3.8) is 0 Å². The van der Waals surface area contributed by atoms with E-state index in [0.29, 0.717) is 7.92 Å². The maximum atomic E-state index is 8.74. The van der Waals surface area contributed by atoms with E-state index in [-0.39, 0.29) is 0 Å². The molecular weight excluding hydrogens is 271 g/mol. The molecule has 0 aliphatic heterocycles. The third-order valence-electron chi connectivity index (χ3n) is 2.48. The first-order chi connectivity index (χ1) is 8.35. The Morgan fingerprint density at radius 2 is 1.00 bits per heavy atom. The molecule has 0 aliphatic rings. The first kappa shape index (κ1) is 20.6. The topological polar surface area (TPSA) is 74.6 Å². The predicted octanol–water partition coefficient (Wildman–Crippen LogP) is 4.22. The average molecular weight is 300 g/mol. The second-order valence-corrected chi connectivity index (χ2v) is 7.93. The Labute approximate surface area is 114 Å². The first-order valence-electron chi connectivity index (χ1n) is 6.77. The van der Waals surface area contributed by atoms with E-state index in [1.807, 2.05) is 0 Å². The summed E-state index contributed by atoms with van der Waals surface area (Å²) in [5, 5.41) is 0. The number of unbranched alkanes of at least 4 members (excludes halogenated alkanes) is 3. The first-order valence-corrected chi connectivity index (χ1v) is 10.1. The lowest BCUT2D eigenvalue weighted by atomic mass is 10.4. The largest absolute Gasteiger partial charge is 0.394 e. The van der Waals surface area contributed by atoms with Crippen molar-refractivity contribution in [2.75, 3.05) is 18.5 Å². The SMILES string of the molecule is CCCCP(CCCC)CCCC.O=S(=O)(O)O. The van der Waals surface area contributed by atoms with Gasteiger partial charge < -0.3 is 0 Å². The fourth-order valence-corrected chi connectivity index (χ4v) is 4.44. The monoisotopic (exact) mass is 300 g/mol. The second kappa shape index (κ2) is 13.7. The normalized spacial score (nSPS) is 11.2. The van der Waals surface area contributed by atoms with Gasteiger partial charge in [0, 0.05) is 0 Å². The van der Waals surface area contributed by atoms with Gasteiger partial charge in [0.25, 0.3) is 0 Å². The van der Waals surface area contributed by atoms with Crippen LogP contribution in [0.4, 0.5) is 0 Å². The van der Waals surface area contributed by atoms with E-state index in [1.165, 1.54) is 38.5 Å². The lowest BCUT2D eigenvalue weighted by Crippen LogP contribution is -1.95. The summed E-state index contributed by atoms with van der Waals surface area (Å²) in [6, 6.07) is 0. The van der Waals surface area contributed by atoms with Gasteiger partial charge in [0.15, 0.2) is 0 Å². The lowest BCUT2D eigenvalue weighted by Gasteiger charge is -2.16. The molecule has 0 aromatic carbocycles. The van der Waals surface area contributed by atoms with Crippen LogP contribution in [0.2, 0.25) is 0 Å². The Hall–Kier alpha value is 0.300. The van der Waals surface area contributed by atoms with Crippen molar-refractivity contribution < 1.29 is 17.5 Å². The van der Waals surface area contributed by atoms with Crippen LogP contribution >= 0.6 is 7.92 Å². The number of hydrogen-bond acceptors (Lipinski definition) is 2. The Bertz CT molecular complexity index is 228. The van der Waals surface area contributed by atoms with Gasteiger partial charge in [-0.3, -0.25) is 9.11 Å². The quantitative estimate of drug-likeness (QED) is 0.494. The van der Waals surface area contributed by atoms with Crippen molar-refractivity contribution in [2.45, 2.75) is 59.3 Å². The van der Waals surface area contributed by atoms with E-state index >= 15 is 0 Å². The van der Waals surface area contributed by atoms with Gasteiger partial charge in [-0.2, -0.15) is 8.42 Å². The second-order valence-electron chi connectivity index (χ2n) is 4.35. The molecule has 6 heteroatoms. The van der Waals surface area contributed by atoms with E-state index in [9.17, 15) is 0 Å². The van der Waals surface area contributed by atoms with Crippen LogP contribution in [0.3, 0.4) is 0 Å². The molecule has 0 spiro atoms. The molecule has 112 valence electrons. The molecule has 0 saturated heterocycles. The highest BCUT2D eigenvalue weighted by Gasteiger charge is 2.05. The Kier molecular flexibility index (Phi) is 15.7. The van der Waals surface area contributed by atoms with Crippen molar-refractivity contribution in [1.82, 2.24) is 0 Å². The van der Waals surface area contributed by atoms with Crippen LogP contribution in [0, 0.1) is 0 Å². The maximum Gasteiger partial charge on any atom is 0.394 e. The van der Waals surface area contributed by atoms with Crippen molar-refractivity contribution >= 4 is 18.3 Å². The molecule has 4 nitrogen and oxygen atoms in total. The van der Waals surface area contributed by atoms with Crippen LogP contribution in [0.1, 0.15) is 59.3 Å². The highest BCUT2D eigenvalue weighted by atomic mass is 32.3. The predicted molar refractivity (Wildman–Crippen MR) is 80.4 cm³/mol. The zero-order valence-corrected chi connectivity index (χ0v) is 13.6. The highest BCUT2D eigenvalue weighted by Crippen LogP contribution is 2.38. The van der Waals surface area contributed by atoms with Crippen molar-refractivity contribution in [3.05, 3.63) is 0 Å². The van der Waals surface area contributed by atoms with E-state index in [4.69, 9.17) is 17.5 Å². The van der Waals surface area contributed by atoms with E-state index in [1.54, 1.807) is 18.5 Å². The Morgan fingerprint density at radius 1 is 0.778 bits per heavy atom. The molecule has 0 aromatic heterocycles. The van der Waals surface area contributed by atoms with Crippen LogP contribution in [0.25, 0.3) is 0 Å². The number of hydrogen-bond donors (Lipinski definition) is 2. The molecule has 0 radical (unpaired) electrons. The number of rotatable bonds is 9. The molecule has 0 saturated carbocycles. The van der Waals surface area contributed by atoms with Gasteiger partial charge in [0.05, 0.1) is 0 Å². The van der Waals surface area contributed by atoms with Gasteiger partial charge in [-0.25, -0.2) is 0 Å². The minimum atomic E-state index is -4.67. The molecule has 18 heavy (non-hydrogen) atoms. The maximum absolute atomic E-state index is 8.74. The summed E-state index contributed by atoms with van der Waals surface area (Å²) < 4.78 is 31.6. The summed E-state index contributed by atoms with van der Waals surface area (Å²) in [5.74, 6) is 0. The van der Waals surface area contributed by atoms with Crippen molar-refractivity contribution in [3.8, 4) is 0 Å². The molecule has 0 fully saturated rings. The van der Waals surface area contributed by atoms with Gasteiger partial charge in [-0.1, -0.05) is 40.0 Å². The zero-order valence-electron chi connectivity index (χ0n) is 11.9. The molecule has 0 atom stereocenters. The third-order valence-corrected chi connectivity index (χ3v) is 5.33. The summed E-state index contributed by atoms with van der Waals surface area (Å²) in [7, 11) is -4.24. The van der Waals surface area contributed by atoms with Crippen LogP contribution < -0.4 is 0 Å². The van der Waals surface area contributed by atoms with Crippen molar-refractivity contribution in [1.29, 1.82) is 0 Å². The van der Waals surface area contributed by atoms with Crippen LogP contribution in [-0.2, 0) is 10.4 Å². The van der Waals surface area contributed by atoms with Gasteiger partial charge >= 0.3 is 10.4 Å². The molecule has 0 heterocycles. The molecule has 0 amide bonds. The van der Waals surface area contributed by atoms with Gasteiger partial charge in [0.2, 0.25) is 0 Å². The van der Waals surface area contributed by atoms with Gasteiger partial charge in [0.1, 0.15) is 0 Å². The molecule has 2 N–H and O–H groups in total. The average Bonchev–Trinajstić information content (AvgIpc) is 2.26. The lowest BCUT2D eigenvalue weighted by molar-refractivity contribution is 0.381. The molecule has 0 rings (SSSR count). The summed E-state index contributed by atoms with van der Waals surface area (Å²) in [4.78, 5) is 0. The summed E-state index contributed by atoms with van der Waals surface area (Å²) in [6.45, 7) is 6.94. The van der Waals surface area contributed by atoms with E-state index in [0.717, 1.165) is 0 Å². The van der Waals surface area contributed by atoms with E-state index in [2.05, 4.69) is 20.8 Å². The third kappa shape index (κ3) is 25.2.